The summed E-state index contributed by atoms with van der Waals surface area (Å²) in [6.45, 7) is 5.42. The Morgan fingerprint density at radius 2 is 1.73 bits per heavy atom. The number of nitrogens with one attached hydrogen (secondary N) is 3. The topological polar surface area (TPSA) is 81.8 Å². The first-order valence-corrected chi connectivity index (χ1v) is 10.4. The SMILES string of the molecule is c1ccc(-c2n[nH]c3ncnc(Nc4ccccc4CCN4CCNCC4)c23)cc1. The van der Waals surface area contributed by atoms with Crippen LogP contribution in [0.3, 0.4) is 0 Å². The standard InChI is InChI=1S/C23H25N7/c1-2-7-18(8-3-1)21-20-22(25-16-26-23(20)29-28-21)27-19-9-5-4-6-17(19)10-13-30-14-11-24-12-15-30/h1-9,16,24H,10-15H2,(H2,25,26,27,28,29). The van der Waals surface area contributed by atoms with E-state index in [0.717, 1.165) is 72.9 Å². The lowest BCUT2D eigenvalue weighted by molar-refractivity contribution is 0.244. The van der Waals surface area contributed by atoms with E-state index in [0.29, 0.717) is 0 Å². The van der Waals surface area contributed by atoms with E-state index in [4.69, 9.17) is 0 Å². The molecule has 1 aliphatic heterocycles. The van der Waals surface area contributed by atoms with Crippen molar-refractivity contribution in [1.29, 1.82) is 0 Å². The lowest BCUT2D eigenvalue weighted by atomic mass is 10.1. The highest BCUT2D eigenvalue weighted by molar-refractivity contribution is 5.99. The number of benzene rings is 2. The minimum Gasteiger partial charge on any atom is -0.339 e. The third kappa shape index (κ3) is 3.90. The summed E-state index contributed by atoms with van der Waals surface area (Å²) in [6, 6.07) is 18.6. The molecule has 2 aromatic carbocycles. The lowest BCUT2D eigenvalue weighted by Gasteiger charge is -2.27. The maximum Gasteiger partial charge on any atom is 0.161 e. The van der Waals surface area contributed by atoms with Crippen molar-refractivity contribution < 1.29 is 0 Å². The molecule has 0 unspecified atom stereocenters. The van der Waals surface area contributed by atoms with Gasteiger partial charge in [-0.2, -0.15) is 5.10 Å². The molecule has 1 fully saturated rings. The van der Waals surface area contributed by atoms with Gasteiger partial charge in [-0.25, -0.2) is 9.97 Å². The molecule has 1 aliphatic rings. The van der Waals surface area contributed by atoms with Gasteiger partial charge in [0.05, 0.1) is 5.39 Å². The van der Waals surface area contributed by atoms with Gasteiger partial charge in [0, 0.05) is 44.0 Å². The third-order valence-corrected chi connectivity index (χ3v) is 5.58. The molecule has 0 spiro atoms. The molecule has 0 saturated carbocycles. The molecule has 2 aromatic heterocycles. The van der Waals surface area contributed by atoms with Crippen molar-refractivity contribution in [3.63, 3.8) is 0 Å². The number of H-pyrrole nitrogens is 1. The van der Waals surface area contributed by atoms with Crippen molar-refractivity contribution in [1.82, 2.24) is 30.4 Å². The molecule has 4 aromatic rings. The third-order valence-electron chi connectivity index (χ3n) is 5.58. The van der Waals surface area contributed by atoms with Gasteiger partial charge < -0.3 is 15.5 Å². The van der Waals surface area contributed by atoms with Crippen molar-refractivity contribution in [3.8, 4) is 11.3 Å². The Bertz CT molecular complexity index is 1120. The smallest absolute Gasteiger partial charge is 0.161 e. The zero-order chi connectivity index (χ0) is 20.2. The Morgan fingerprint density at radius 1 is 0.933 bits per heavy atom. The molecule has 30 heavy (non-hydrogen) atoms. The van der Waals surface area contributed by atoms with Gasteiger partial charge in [0.1, 0.15) is 17.8 Å². The number of rotatable bonds is 6. The van der Waals surface area contributed by atoms with E-state index in [1.54, 1.807) is 6.33 Å². The Balaban J connectivity index is 1.44. The second-order valence-corrected chi connectivity index (χ2v) is 7.51. The normalized spacial score (nSPS) is 14.8. The Hall–Kier alpha value is -3.29. The van der Waals surface area contributed by atoms with E-state index in [2.05, 4.69) is 60.0 Å². The number of hydrogen-bond acceptors (Lipinski definition) is 6. The van der Waals surface area contributed by atoms with E-state index < -0.39 is 0 Å². The second kappa shape index (κ2) is 8.61. The summed E-state index contributed by atoms with van der Waals surface area (Å²) in [6.07, 6.45) is 2.56. The molecule has 0 aliphatic carbocycles. The first kappa shape index (κ1) is 18.7. The van der Waals surface area contributed by atoms with Gasteiger partial charge in [-0.1, -0.05) is 48.5 Å². The van der Waals surface area contributed by atoms with Crippen LogP contribution in [-0.4, -0.2) is 57.8 Å². The number of para-hydroxylation sites is 1. The molecule has 0 amide bonds. The van der Waals surface area contributed by atoms with Gasteiger partial charge in [-0.3, -0.25) is 5.10 Å². The van der Waals surface area contributed by atoms with Crippen LogP contribution < -0.4 is 10.6 Å². The highest BCUT2D eigenvalue weighted by atomic mass is 15.2. The number of aromatic amines is 1. The van der Waals surface area contributed by atoms with Crippen LogP contribution in [0.25, 0.3) is 22.3 Å². The average Bonchev–Trinajstić information content (AvgIpc) is 3.25. The van der Waals surface area contributed by atoms with E-state index >= 15 is 0 Å². The molecular weight excluding hydrogens is 374 g/mol. The van der Waals surface area contributed by atoms with Crippen LogP contribution in [0.4, 0.5) is 11.5 Å². The number of nitrogens with zero attached hydrogens (tertiary/aromatic N) is 4. The van der Waals surface area contributed by atoms with E-state index in [1.807, 2.05) is 30.3 Å². The molecule has 1 saturated heterocycles. The summed E-state index contributed by atoms with van der Waals surface area (Å²) in [4.78, 5) is 11.4. The summed E-state index contributed by atoms with van der Waals surface area (Å²) in [5.41, 5.74) is 4.98. The number of anilines is 2. The van der Waals surface area contributed by atoms with Crippen LogP contribution >= 0.6 is 0 Å². The van der Waals surface area contributed by atoms with Crippen molar-refractivity contribution in [2.24, 2.45) is 0 Å². The summed E-state index contributed by atoms with van der Waals surface area (Å²) in [5.74, 6) is 0.766. The molecule has 3 N–H and O–H groups in total. The minimum atomic E-state index is 0.727. The van der Waals surface area contributed by atoms with E-state index in [9.17, 15) is 0 Å². The highest BCUT2D eigenvalue weighted by Gasteiger charge is 2.16. The van der Waals surface area contributed by atoms with Crippen LogP contribution in [0.2, 0.25) is 0 Å². The number of hydrogen-bond donors (Lipinski definition) is 3. The van der Waals surface area contributed by atoms with Crippen LogP contribution in [0.1, 0.15) is 5.56 Å². The lowest BCUT2D eigenvalue weighted by Crippen LogP contribution is -2.44. The molecule has 7 nitrogen and oxygen atoms in total. The van der Waals surface area contributed by atoms with E-state index in [-0.39, 0.29) is 0 Å². The minimum absolute atomic E-state index is 0.727. The van der Waals surface area contributed by atoms with Crippen molar-refractivity contribution in [2.45, 2.75) is 6.42 Å². The number of piperazine rings is 1. The first-order chi connectivity index (χ1) is 14.9. The number of fused-ring (bicyclic) bond motifs is 1. The zero-order valence-electron chi connectivity index (χ0n) is 16.8. The van der Waals surface area contributed by atoms with Crippen molar-refractivity contribution in [3.05, 3.63) is 66.5 Å². The fourth-order valence-corrected chi connectivity index (χ4v) is 3.96. The van der Waals surface area contributed by atoms with Gasteiger partial charge in [0.15, 0.2) is 5.65 Å². The largest absolute Gasteiger partial charge is 0.339 e. The fraction of sp³-hybridized carbons (Fsp3) is 0.261. The molecule has 5 rings (SSSR count). The molecule has 7 heteroatoms. The Kier molecular flexibility index (Phi) is 5.37. The number of aromatic nitrogens is 4. The monoisotopic (exact) mass is 399 g/mol. The van der Waals surface area contributed by atoms with Gasteiger partial charge in [-0.15, -0.1) is 0 Å². The Morgan fingerprint density at radius 3 is 2.60 bits per heavy atom. The molecular formula is C23H25N7. The van der Waals surface area contributed by atoms with Gasteiger partial charge >= 0.3 is 0 Å². The fourth-order valence-electron chi connectivity index (χ4n) is 3.96. The van der Waals surface area contributed by atoms with Crippen LogP contribution in [-0.2, 0) is 6.42 Å². The first-order valence-electron chi connectivity index (χ1n) is 10.4. The molecule has 152 valence electrons. The quantitative estimate of drug-likeness (QED) is 0.462. The van der Waals surface area contributed by atoms with Crippen LogP contribution in [0.5, 0.6) is 0 Å². The van der Waals surface area contributed by atoms with Crippen molar-refractivity contribution >= 4 is 22.5 Å². The second-order valence-electron chi connectivity index (χ2n) is 7.51. The average molecular weight is 400 g/mol. The molecule has 0 atom stereocenters. The molecule has 3 heterocycles. The maximum absolute atomic E-state index is 4.55. The maximum atomic E-state index is 4.55. The Labute approximate surface area is 175 Å². The van der Waals surface area contributed by atoms with Gasteiger partial charge in [-0.05, 0) is 18.1 Å². The summed E-state index contributed by atoms with van der Waals surface area (Å²) < 4.78 is 0. The van der Waals surface area contributed by atoms with Gasteiger partial charge in [0.25, 0.3) is 0 Å². The predicted molar refractivity (Wildman–Crippen MR) is 120 cm³/mol. The zero-order valence-corrected chi connectivity index (χ0v) is 16.8. The summed E-state index contributed by atoms with van der Waals surface area (Å²) in [7, 11) is 0. The van der Waals surface area contributed by atoms with E-state index in [1.165, 1.54) is 5.56 Å². The summed E-state index contributed by atoms with van der Waals surface area (Å²) in [5, 5.41) is 15.4. The highest BCUT2D eigenvalue weighted by Crippen LogP contribution is 2.32. The van der Waals surface area contributed by atoms with Crippen molar-refractivity contribution in [2.75, 3.05) is 38.0 Å². The predicted octanol–water partition coefficient (Wildman–Crippen LogP) is 3.21. The molecule has 0 radical (unpaired) electrons. The summed E-state index contributed by atoms with van der Waals surface area (Å²) >= 11 is 0. The van der Waals surface area contributed by atoms with Crippen LogP contribution in [0, 0.1) is 0 Å². The molecule has 0 bridgehead atoms. The van der Waals surface area contributed by atoms with Gasteiger partial charge in [0.2, 0.25) is 0 Å². The van der Waals surface area contributed by atoms with Crippen LogP contribution in [0.15, 0.2) is 60.9 Å².